The van der Waals surface area contributed by atoms with Gasteiger partial charge in [0.1, 0.15) is 6.04 Å². The molecule has 2 rings (SSSR count). The van der Waals surface area contributed by atoms with Gasteiger partial charge in [0.25, 0.3) is 0 Å². The summed E-state index contributed by atoms with van der Waals surface area (Å²) in [6.45, 7) is 1.83. The Kier molecular flexibility index (Phi) is 3.76. The lowest BCUT2D eigenvalue weighted by atomic mass is 10.1. The molecule has 19 heavy (non-hydrogen) atoms. The molecule has 2 N–H and O–H groups in total. The number of nitrogens with zero attached hydrogens (tertiary/aromatic N) is 2. The molecular formula is C10H15N3O5S. The molecule has 0 radical (unpaired) electrons. The van der Waals surface area contributed by atoms with Gasteiger partial charge in [0.15, 0.2) is 0 Å². The fraction of sp³-hybridized carbons (Fsp3) is 0.600. The highest BCUT2D eigenvalue weighted by Crippen LogP contribution is 2.22. The standard InChI is InChI=1S/C10H15N3O5S/c1-7-6-9(18-11-7)12-19(16,17)13-5-3-2-4-8(13)10(14)15/h6,8,12H,2-5H2,1H3,(H,14,15). The zero-order chi connectivity index (χ0) is 14.0. The van der Waals surface area contributed by atoms with E-state index in [2.05, 4.69) is 9.88 Å². The quantitative estimate of drug-likeness (QED) is 0.838. The smallest absolute Gasteiger partial charge is 0.322 e. The number of aromatic nitrogens is 1. The SMILES string of the molecule is Cc1cc(NS(=O)(=O)N2CCCCC2C(=O)O)on1. The summed E-state index contributed by atoms with van der Waals surface area (Å²) in [5, 5.41) is 12.6. The van der Waals surface area contributed by atoms with E-state index in [9.17, 15) is 13.2 Å². The molecule has 0 bridgehead atoms. The summed E-state index contributed by atoms with van der Waals surface area (Å²) in [5.74, 6) is -1.16. The molecule has 1 aromatic rings. The van der Waals surface area contributed by atoms with Crippen LogP contribution in [0.5, 0.6) is 0 Å². The fourth-order valence-electron chi connectivity index (χ4n) is 2.04. The summed E-state index contributed by atoms with van der Waals surface area (Å²) in [4.78, 5) is 11.1. The number of piperidine rings is 1. The summed E-state index contributed by atoms with van der Waals surface area (Å²) < 4.78 is 32.2. The highest BCUT2D eigenvalue weighted by Gasteiger charge is 2.37. The first kappa shape index (κ1) is 13.8. The minimum atomic E-state index is -3.95. The maximum absolute atomic E-state index is 12.1. The predicted molar refractivity (Wildman–Crippen MR) is 65.8 cm³/mol. The molecule has 1 fully saturated rings. The Morgan fingerprint density at radius 1 is 1.58 bits per heavy atom. The van der Waals surface area contributed by atoms with Gasteiger partial charge in [-0.25, -0.2) is 4.72 Å². The Morgan fingerprint density at radius 2 is 2.32 bits per heavy atom. The minimum absolute atomic E-state index is 0.0211. The van der Waals surface area contributed by atoms with E-state index in [4.69, 9.17) is 9.63 Å². The Labute approximate surface area is 110 Å². The van der Waals surface area contributed by atoms with E-state index in [1.165, 1.54) is 6.07 Å². The molecule has 1 atom stereocenters. The molecule has 0 amide bonds. The molecule has 1 aliphatic rings. The van der Waals surface area contributed by atoms with E-state index in [1.807, 2.05) is 0 Å². The lowest BCUT2D eigenvalue weighted by Crippen LogP contribution is -2.49. The summed E-state index contributed by atoms with van der Waals surface area (Å²) in [7, 11) is -3.95. The Hall–Kier alpha value is -1.61. The number of carboxylic acid groups (broad SMARTS) is 1. The van der Waals surface area contributed by atoms with E-state index in [0.717, 1.165) is 4.31 Å². The van der Waals surface area contributed by atoms with Crippen molar-refractivity contribution in [3.8, 4) is 0 Å². The molecule has 0 aromatic carbocycles. The molecule has 1 aromatic heterocycles. The first-order valence-corrected chi connectivity index (χ1v) is 7.30. The van der Waals surface area contributed by atoms with Crippen molar-refractivity contribution in [2.24, 2.45) is 0 Å². The average Bonchev–Trinajstić information content (AvgIpc) is 2.74. The molecular weight excluding hydrogens is 274 g/mol. The summed E-state index contributed by atoms with van der Waals surface area (Å²) in [6.07, 6.45) is 1.65. The molecule has 0 aliphatic carbocycles. The molecule has 8 nitrogen and oxygen atoms in total. The van der Waals surface area contributed by atoms with Crippen molar-refractivity contribution in [2.45, 2.75) is 32.2 Å². The molecule has 0 spiro atoms. The van der Waals surface area contributed by atoms with Crippen molar-refractivity contribution >= 4 is 22.1 Å². The van der Waals surface area contributed by atoms with E-state index in [0.29, 0.717) is 25.0 Å². The average molecular weight is 289 g/mol. The van der Waals surface area contributed by atoms with Crippen LogP contribution in [-0.2, 0) is 15.0 Å². The molecule has 2 heterocycles. The number of aliphatic carboxylic acids is 1. The number of aryl methyl sites for hydroxylation is 1. The van der Waals surface area contributed by atoms with E-state index >= 15 is 0 Å². The molecule has 106 valence electrons. The predicted octanol–water partition coefficient (Wildman–Crippen LogP) is 0.579. The van der Waals surface area contributed by atoms with Crippen LogP contribution in [0.25, 0.3) is 0 Å². The number of hydrogen-bond donors (Lipinski definition) is 2. The molecule has 9 heteroatoms. The zero-order valence-electron chi connectivity index (χ0n) is 10.4. The Bertz CT molecular complexity index is 567. The monoisotopic (exact) mass is 289 g/mol. The van der Waals surface area contributed by atoms with Crippen LogP contribution >= 0.6 is 0 Å². The van der Waals surface area contributed by atoms with Gasteiger partial charge in [-0.1, -0.05) is 5.16 Å². The maximum atomic E-state index is 12.1. The van der Waals surface area contributed by atoms with Crippen molar-refractivity contribution in [1.29, 1.82) is 0 Å². The normalized spacial score (nSPS) is 21.2. The van der Waals surface area contributed by atoms with Gasteiger partial charge in [-0.15, -0.1) is 0 Å². The van der Waals surface area contributed by atoms with Crippen LogP contribution in [0.3, 0.4) is 0 Å². The zero-order valence-corrected chi connectivity index (χ0v) is 11.2. The highest BCUT2D eigenvalue weighted by molar-refractivity contribution is 7.90. The van der Waals surface area contributed by atoms with Crippen LogP contribution in [0.2, 0.25) is 0 Å². The Morgan fingerprint density at radius 3 is 2.89 bits per heavy atom. The van der Waals surface area contributed by atoms with Gasteiger partial charge in [-0.2, -0.15) is 12.7 Å². The number of rotatable bonds is 4. The summed E-state index contributed by atoms with van der Waals surface area (Å²) in [5.41, 5.74) is 0.533. The van der Waals surface area contributed by atoms with Gasteiger partial charge in [0.2, 0.25) is 5.88 Å². The van der Waals surface area contributed by atoms with Gasteiger partial charge in [0, 0.05) is 12.6 Å². The number of anilines is 1. The van der Waals surface area contributed by atoms with Gasteiger partial charge >= 0.3 is 16.2 Å². The second kappa shape index (κ2) is 5.17. The van der Waals surface area contributed by atoms with Crippen molar-refractivity contribution in [3.05, 3.63) is 11.8 Å². The van der Waals surface area contributed by atoms with Crippen LogP contribution in [0.4, 0.5) is 5.88 Å². The topological polar surface area (TPSA) is 113 Å². The third-order valence-corrected chi connectivity index (χ3v) is 4.42. The molecule has 0 saturated carbocycles. The second-order valence-corrected chi connectivity index (χ2v) is 6.02. The van der Waals surface area contributed by atoms with Crippen molar-refractivity contribution in [3.63, 3.8) is 0 Å². The first-order chi connectivity index (χ1) is 8.90. The van der Waals surface area contributed by atoms with Crippen molar-refractivity contribution in [2.75, 3.05) is 11.3 Å². The minimum Gasteiger partial charge on any atom is -0.480 e. The highest BCUT2D eigenvalue weighted by atomic mass is 32.2. The van der Waals surface area contributed by atoms with Crippen molar-refractivity contribution in [1.82, 2.24) is 9.46 Å². The van der Waals surface area contributed by atoms with Gasteiger partial charge < -0.3 is 9.63 Å². The summed E-state index contributed by atoms with van der Waals surface area (Å²) in [6, 6.07) is 0.396. The molecule has 1 aliphatic heterocycles. The lowest BCUT2D eigenvalue weighted by Gasteiger charge is -2.31. The van der Waals surface area contributed by atoms with Crippen LogP contribution in [0.15, 0.2) is 10.6 Å². The third kappa shape index (κ3) is 3.04. The van der Waals surface area contributed by atoms with Crippen LogP contribution in [-0.4, -0.2) is 41.5 Å². The molecule has 1 unspecified atom stereocenters. The van der Waals surface area contributed by atoms with Crippen LogP contribution in [0.1, 0.15) is 25.0 Å². The van der Waals surface area contributed by atoms with Gasteiger partial charge in [-0.05, 0) is 26.2 Å². The van der Waals surface area contributed by atoms with Crippen LogP contribution < -0.4 is 4.72 Å². The van der Waals surface area contributed by atoms with Gasteiger partial charge in [-0.3, -0.25) is 4.79 Å². The number of hydrogen-bond acceptors (Lipinski definition) is 5. The maximum Gasteiger partial charge on any atom is 0.322 e. The fourth-order valence-corrected chi connectivity index (χ4v) is 3.40. The number of carbonyl (C=O) groups is 1. The number of carboxylic acids is 1. The summed E-state index contributed by atoms with van der Waals surface area (Å²) >= 11 is 0. The first-order valence-electron chi connectivity index (χ1n) is 5.86. The van der Waals surface area contributed by atoms with Crippen molar-refractivity contribution < 1.29 is 22.8 Å². The molecule has 1 saturated heterocycles. The van der Waals surface area contributed by atoms with Gasteiger partial charge in [0.05, 0.1) is 5.69 Å². The second-order valence-electron chi connectivity index (χ2n) is 4.40. The largest absolute Gasteiger partial charge is 0.480 e. The van der Waals surface area contributed by atoms with E-state index in [-0.39, 0.29) is 12.4 Å². The van der Waals surface area contributed by atoms with Crippen LogP contribution in [0, 0.1) is 6.92 Å². The Balaban J connectivity index is 2.19. The van der Waals surface area contributed by atoms with E-state index < -0.39 is 22.2 Å². The van der Waals surface area contributed by atoms with E-state index in [1.54, 1.807) is 6.92 Å². The number of nitrogens with one attached hydrogen (secondary N) is 1. The third-order valence-electron chi connectivity index (χ3n) is 2.91. The lowest BCUT2D eigenvalue weighted by molar-refractivity contribution is -0.142.